The van der Waals surface area contributed by atoms with Crippen LogP contribution in [-0.4, -0.2) is 69.6 Å². The third kappa shape index (κ3) is 3.93. The Labute approximate surface area is 148 Å². The standard InChI is InChI=1S/C14H32N6O2P2/c1-13(2,3)19-23(17(9)11(21)15-7)20(14(4,5)6)24(19)18(10)12(22)16-8/h1-10H3,(H,15,21)(H,16,22). The lowest BCUT2D eigenvalue weighted by Gasteiger charge is -2.66. The highest BCUT2D eigenvalue weighted by Crippen LogP contribution is 2.82. The van der Waals surface area contributed by atoms with E-state index in [1.54, 1.807) is 23.4 Å². The molecule has 0 aromatic heterocycles. The van der Waals surface area contributed by atoms with Gasteiger partial charge in [-0.25, -0.2) is 9.59 Å². The van der Waals surface area contributed by atoms with E-state index in [-0.39, 0.29) is 23.1 Å². The zero-order chi connectivity index (χ0) is 19.0. The van der Waals surface area contributed by atoms with Gasteiger partial charge in [-0.3, -0.25) is 9.34 Å². The molecule has 2 N–H and O–H groups in total. The third-order valence-corrected chi connectivity index (χ3v) is 10.5. The number of urea groups is 2. The largest absolute Gasteiger partial charge is 0.341 e. The molecule has 10 heteroatoms. The van der Waals surface area contributed by atoms with Gasteiger partial charge >= 0.3 is 12.1 Å². The minimum Gasteiger partial charge on any atom is -0.341 e. The van der Waals surface area contributed by atoms with Crippen LogP contribution in [0, 0.1) is 0 Å². The highest BCUT2D eigenvalue weighted by Gasteiger charge is 2.61. The number of amides is 4. The summed E-state index contributed by atoms with van der Waals surface area (Å²) in [4.78, 5) is 24.5. The smallest absolute Gasteiger partial charge is 0.322 e. The van der Waals surface area contributed by atoms with Crippen LogP contribution in [0.25, 0.3) is 0 Å². The van der Waals surface area contributed by atoms with Gasteiger partial charge in [-0.05, 0) is 41.5 Å². The molecule has 24 heavy (non-hydrogen) atoms. The molecule has 1 fully saturated rings. The number of hydrogen-bond acceptors (Lipinski definition) is 4. The molecule has 0 saturated carbocycles. The van der Waals surface area contributed by atoms with Gasteiger partial charge in [-0.2, -0.15) is 8.88 Å². The Balaban J connectivity index is 3.35. The molecular formula is C14H32N6O2P2. The lowest BCUT2D eigenvalue weighted by Crippen LogP contribution is -2.60. The molecular weight excluding hydrogens is 346 g/mol. The molecule has 0 unspecified atom stereocenters. The molecule has 8 nitrogen and oxygen atoms in total. The van der Waals surface area contributed by atoms with Gasteiger partial charge in [0.1, 0.15) is 0 Å². The Kier molecular flexibility index (Phi) is 6.48. The summed E-state index contributed by atoms with van der Waals surface area (Å²) < 4.78 is 8.10. The summed E-state index contributed by atoms with van der Waals surface area (Å²) in [5.74, 6) is 0. The van der Waals surface area contributed by atoms with Crippen molar-refractivity contribution in [2.75, 3.05) is 28.2 Å². The van der Waals surface area contributed by atoms with Gasteiger partial charge in [0.25, 0.3) is 0 Å². The number of rotatable bonds is 2. The Bertz CT molecular complexity index is 439. The first kappa shape index (κ1) is 21.4. The second-order valence-electron chi connectivity index (χ2n) is 7.61. The minimum atomic E-state index is -1.01. The van der Waals surface area contributed by atoms with Crippen molar-refractivity contribution in [2.45, 2.75) is 52.6 Å². The maximum Gasteiger partial charge on any atom is 0.322 e. The van der Waals surface area contributed by atoms with E-state index in [1.165, 1.54) is 0 Å². The van der Waals surface area contributed by atoms with Gasteiger partial charge in [0.15, 0.2) is 16.7 Å². The number of nitrogens with one attached hydrogen (secondary N) is 2. The van der Waals surface area contributed by atoms with E-state index < -0.39 is 16.7 Å². The molecule has 0 radical (unpaired) electrons. The van der Waals surface area contributed by atoms with E-state index in [0.29, 0.717) is 0 Å². The molecule has 0 aromatic rings. The van der Waals surface area contributed by atoms with Crippen LogP contribution in [0.2, 0.25) is 0 Å². The fourth-order valence-electron chi connectivity index (χ4n) is 2.34. The van der Waals surface area contributed by atoms with Crippen LogP contribution in [0.5, 0.6) is 0 Å². The second-order valence-corrected chi connectivity index (χ2v) is 12.1. The molecule has 0 aromatic carbocycles. The zero-order valence-corrected chi connectivity index (χ0v) is 18.3. The second kappa shape index (κ2) is 7.28. The number of carbonyl (C=O) groups excluding carboxylic acids is 2. The van der Waals surface area contributed by atoms with Crippen molar-refractivity contribution in [1.29, 1.82) is 0 Å². The van der Waals surface area contributed by atoms with Gasteiger partial charge in [-0.1, -0.05) is 0 Å². The predicted octanol–water partition coefficient (Wildman–Crippen LogP) is 3.20. The third-order valence-electron chi connectivity index (χ3n) is 3.43. The molecule has 0 aliphatic carbocycles. The fraction of sp³-hybridized carbons (Fsp3) is 0.857. The first-order valence-corrected chi connectivity index (χ1v) is 10.3. The van der Waals surface area contributed by atoms with E-state index in [9.17, 15) is 9.59 Å². The van der Waals surface area contributed by atoms with Crippen LogP contribution in [0.3, 0.4) is 0 Å². The summed E-state index contributed by atoms with van der Waals surface area (Å²) >= 11 is 0. The summed E-state index contributed by atoms with van der Waals surface area (Å²) in [6, 6.07) is -0.247. The van der Waals surface area contributed by atoms with E-state index in [0.717, 1.165) is 0 Å². The van der Waals surface area contributed by atoms with E-state index >= 15 is 0 Å². The molecule has 1 aliphatic heterocycles. The van der Waals surface area contributed by atoms with Crippen LogP contribution in [0.15, 0.2) is 0 Å². The van der Waals surface area contributed by atoms with Crippen LogP contribution < -0.4 is 10.6 Å². The Morgan fingerprint density at radius 1 is 0.750 bits per heavy atom. The topological polar surface area (TPSA) is 71.2 Å². The lowest BCUT2D eigenvalue weighted by atomic mass is 10.1. The average molecular weight is 378 g/mol. The summed E-state index contributed by atoms with van der Waals surface area (Å²) in [5, 5.41) is 5.40. The Morgan fingerprint density at radius 2 is 1.00 bits per heavy atom. The maximum atomic E-state index is 12.2. The molecule has 1 heterocycles. The molecule has 140 valence electrons. The first-order chi connectivity index (χ1) is 10.8. The quantitative estimate of drug-likeness (QED) is 0.724. The first-order valence-electron chi connectivity index (χ1n) is 7.90. The zero-order valence-electron chi connectivity index (χ0n) is 16.5. The molecule has 1 rings (SSSR count). The molecule has 0 bridgehead atoms. The van der Waals surface area contributed by atoms with Crippen LogP contribution in [-0.2, 0) is 0 Å². The highest BCUT2D eigenvalue weighted by molar-refractivity contribution is 7.81. The monoisotopic (exact) mass is 378 g/mol. The normalized spacial score (nSPS) is 22.6. The van der Waals surface area contributed by atoms with Crippen molar-refractivity contribution in [3.63, 3.8) is 0 Å². The van der Waals surface area contributed by atoms with Crippen LogP contribution >= 0.6 is 16.7 Å². The van der Waals surface area contributed by atoms with Crippen molar-refractivity contribution >= 4 is 28.8 Å². The van der Waals surface area contributed by atoms with Crippen molar-refractivity contribution in [3.05, 3.63) is 0 Å². The highest BCUT2D eigenvalue weighted by atomic mass is 31.3. The van der Waals surface area contributed by atoms with Crippen molar-refractivity contribution in [3.8, 4) is 0 Å². The summed E-state index contributed by atoms with van der Waals surface area (Å²) in [6.07, 6.45) is 0. The summed E-state index contributed by atoms with van der Waals surface area (Å²) in [7, 11) is 4.87. The van der Waals surface area contributed by atoms with Crippen molar-refractivity contribution in [2.24, 2.45) is 0 Å². The fourth-order valence-corrected chi connectivity index (χ4v) is 9.38. The summed E-state index contributed by atoms with van der Waals surface area (Å²) in [5.41, 5.74) is -0.354. The van der Waals surface area contributed by atoms with Gasteiger partial charge in [0.05, 0.1) is 0 Å². The van der Waals surface area contributed by atoms with E-state index in [4.69, 9.17) is 0 Å². The SMILES string of the molecule is CNC(=O)N(C)P1N(C(C)(C)C)P(N(C)C(=O)NC)N1C(C)(C)C. The average Bonchev–Trinajstić information content (AvgIpc) is 2.40. The number of carbonyl (C=O) groups is 2. The maximum absolute atomic E-state index is 12.2. The van der Waals surface area contributed by atoms with E-state index in [1.807, 2.05) is 14.1 Å². The minimum absolute atomic E-state index is 0.123. The van der Waals surface area contributed by atoms with E-state index in [2.05, 4.69) is 61.1 Å². The van der Waals surface area contributed by atoms with Crippen molar-refractivity contribution in [1.82, 2.24) is 28.9 Å². The van der Waals surface area contributed by atoms with Crippen molar-refractivity contribution < 1.29 is 9.59 Å². The lowest BCUT2D eigenvalue weighted by molar-refractivity contribution is 0.208. The van der Waals surface area contributed by atoms with Gasteiger partial charge < -0.3 is 10.6 Å². The molecule has 1 saturated heterocycles. The number of hydrogen-bond donors (Lipinski definition) is 2. The molecule has 0 atom stereocenters. The van der Waals surface area contributed by atoms with Crippen LogP contribution in [0.4, 0.5) is 9.59 Å². The Morgan fingerprint density at radius 3 is 1.17 bits per heavy atom. The van der Waals surface area contributed by atoms with Crippen LogP contribution in [0.1, 0.15) is 41.5 Å². The Hall–Kier alpha value is -0.680. The number of nitrogens with zero attached hydrogens (tertiary/aromatic N) is 4. The van der Waals surface area contributed by atoms with Gasteiger partial charge in [0.2, 0.25) is 0 Å². The van der Waals surface area contributed by atoms with Gasteiger partial charge in [0, 0.05) is 39.3 Å². The molecule has 4 amide bonds. The molecule has 0 spiro atoms. The predicted molar refractivity (Wildman–Crippen MR) is 101 cm³/mol. The molecule has 1 aliphatic rings. The summed E-state index contributed by atoms with van der Waals surface area (Å²) in [6.45, 7) is 12.7. The van der Waals surface area contributed by atoms with Gasteiger partial charge in [-0.15, -0.1) is 0 Å².